The van der Waals surface area contributed by atoms with Gasteiger partial charge in [-0.15, -0.1) is 0 Å². The summed E-state index contributed by atoms with van der Waals surface area (Å²) in [5, 5.41) is 11.7. The summed E-state index contributed by atoms with van der Waals surface area (Å²) >= 11 is 0. The number of allylic oxidation sites excluding steroid dienone is 2. The maximum atomic E-state index is 14.2. The van der Waals surface area contributed by atoms with E-state index in [2.05, 4.69) is 17.0 Å². The van der Waals surface area contributed by atoms with Crippen molar-refractivity contribution in [2.24, 2.45) is 16.8 Å². The van der Waals surface area contributed by atoms with Gasteiger partial charge in [0, 0.05) is 18.5 Å². The second-order valence-corrected chi connectivity index (χ2v) is 13.1. The molecule has 5 atom stereocenters. The topological polar surface area (TPSA) is 155 Å². The number of ether oxygens (including phenoxy) is 2. The second kappa shape index (κ2) is 14.9. The number of carbonyl (C=O) groups excluding carboxylic acids is 4. The zero-order chi connectivity index (χ0) is 33.6. The Morgan fingerprint density at radius 2 is 1.91 bits per heavy atom. The molecule has 0 unspecified atom stereocenters. The zero-order valence-electron chi connectivity index (χ0n) is 26.6. The molecule has 0 aromatic heterocycles. The summed E-state index contributed by atoms with van der Waals surface area (Å²) in [7, 11) is 0. The Balaban J connectivity index is 1.36. The Morgan fingerprint density at radius 3 is 2.57 bits per heavy atom. The number of amides is 4. The quantitative estimate of drug-likeness (QED) is 0.191. The van der Waals surface area contributed by atoms with Crippen LogP contribution in [0.4, 0.5) is 14.0 Å². The summed E-state index contributed by atoms with van der Waals surface area (Å²) in [5.41, 5.74) is 0.306. The van der Waals surface area contributed by atoms with Crippen molar-refractivity contribution in [3.8, 4) is 0 Å². The molecule has 46 heavy (non-hydrogen) atoms. The minimum atomic E-state index is -1.04. The van der Waals surface area contributed by atoms with Gasteiger partial charge in [0.25, 0.3) is 5.91 Å². The van der Waals surface area contributed by atoms with Crippen LogP contribution in [0.1, 0.15) is 76.8 Å². The Labute approximate surface area is 268 Å². The van der Waals surface area contributed by atoms with E-state index in [1.165, 1.54) is 15.9 Å². The number of likely N-dealkylation sites (tertiary alicyclic amines) is 1. The van der Waals surface area contributed by atoms with Crippen LogP contribution in [0.3, 0.4) is 0 Å². The Bertz CT molecular complexity index is 1380. The highest BCUT2D eigenvalue weighted by molar-refractivity contribution is 5.93. The van der Waals surface area contributed by atoms with Crippen LogP contribution >= 0.6 is 0 Å². The number of unbranched alkanes of at least 4 members (excludes halogenated alkanes) is 3. The third kappa shape index (κ3) is 9.13. The summed E-state index contributed by atoms with van der Waals surface area (Å²) < 4.78 is 25.3. The number of alkyl carbamates (subject to hydrolysis) is 1. The first-order valence-electron chi connectivity index (χ1n) is 15.7. The summed E-state index contributed by atoms with van der Waals surface area (Å²) in [6, 6.07) is 2.59. The summed E-state index contributed by atoms with van der Waals surface area (Å²) in [4.78, 5) is 69.4. The van der Waals surface area contributed by atoms with Gasteiger partial charge in [0.2, 0.25) is 5.91 Å². The molecule has 250 valence electrons. The van der Waals surface area contributed by atoms with Crippen LogP contribution in [0.15, 0.2) is 35.3 Å². The van der Waals surface area contributed by atoms with Crippen molar-refractivity contribution in [1.82, 2.24) is 15.1 Å². The minimum absolute atomic E-state index is 0.000293. The van der Waals surface area contributed by atoms with Crippen molar-refractivity contribution in [1.29, 1.82) is 0 Å². The number of benzene rings is 1. The fourth-order valence-electron chi connectivity index (χ4n) is 5.87. The predicted molar refractivity (Wildman–Crippen MR) is 165 cm³/mol. The van der Waals surface area contributed by atoms with E-state index in [1.807, 2.05) is 12.2 Å². The molecule has 4 rings (SSSR count). The Kier molecular flexibility index (Phi) is 11.2. The van der Waals surface area contributed by atoms with Crippen LogP contribution in [0.5, 0.6) is 0 Å². The molecule has 2 heterocycles. The molecule has 0 radical (unpaired) electrons. The molecule has 1 aromatic rings. The van der Waals surface area contributed by atoms with Gasteiger partial charge in [-0.3, -0.25) is 19.3 Å². The van der Waals surface area contributed by atoms with Crippen LogP contribution < -0.4 is 5.32 Å². The number of carbonyl (C=O) groups is 5. The van der Waals surface area contributed by atoms with Gasteiger partial charge in [-0.25, -0.2) is 19.0 Å². The van der Waals surface area contributed by atoms with Gasteiger partial charge in [-0.05, 0) is 70.7 Å². The number of fused-ring (bicyclic) bond motifs is 1. The molecule has 0 spiro atoms. The molecule has 1 aliphatic carbocycles. The molecule has 4 amide bonds. The first kappa shape index (κ1) is 34.6. The number of carboxylic acid groups (broad SMARTS) is 1. The van der Waals surface area contributed by atoms with E-state index in [-0.39, 0.29) is 44.3 Å². The number of aliphatic carboxylic acids is 1. The maximum absolute atomic E-state index is 14.2. The monoisotopic (exact) mass is 642 g/mol. The van der Waals surface area contributed by atoms with Gasteiger partial charge in [0.1, 0.15) is 29.6 Å². The van der Waals surface area contributed by atoms with E-state index >= 15 is 0 Å². The molecule has 2 N–H and O–H groups in total. The molecular formula is C33H43FN4O8. The number of hydrogen-bond donors (Lipinski definition) is 2. The van der Waals surface area contributed by atoms with Crippen molar-refractivity contribution >= 4 is 36.7 Å². The number of nitrogens with one attached hydrogen (secondary N) is 1. The van der Waals surface area contributed by atoms with E-state index < -0.39 is 59.6 Å². The standard InChI is InChI=1S/C33H43FN4O8/c1-33(2,3)46-31(43)36-26(14-9-7-5-6-8-11-20-15-23(20)30(41)42)29(40)38-18-22(16-27(38)28(39)35-4)45-32(44)37-17-21-12-10-13-25(34)24(21)19-37/h8,10-13,20,22-23,26-27H,4-7,9,14-19H2,1-3H3,(H,36,43)(H,41,42)/b11-8-/t20-,22-,23+,26+,27+/m1/s1. The first-order valence-corrected chi connectivity index (χ1v) is 15.7. The molecule has 12 nitrogen and oxygen atoms in total. The molecule has 13 heteroatoms. The third-order valence-corrected chi connectivity index (χ3v) is 8.33. The highest BCUT2D eigenvalue weighted by Gasteiger charge is 2.44. The zero-order valence-corrected chi connectivity index (χ0v) is 26.6. The van der Waals surface area contributed by atoms with Gasteiger partial charge < -0.3 is 24.8 Å². The number of halogens is 1. The number of carboxylic acids is 1. The molecule has 1 aromatic carbocycles. The minimum Gasteiger partial charge on any atom is -0.481 e. The molecule has 3 aliphatic rings. The van der Waals surface area contributed by atoms with Crippen LogP contribution in [-0.2, 0) is 36.9 Å². The third-order valence-electron chi connectivity index (χ3n) is 8.33. The summed E-state index contributed by atoms with van der Waals surface area (Å²) in [6.45, 7) is 8.55. The number of rotatable bonds is 12. The van der Waals surface area contributed by atoms with E-state index in [9.17, 15) is 28.4 Å². The average Bonchev–Trinajstić information content (AvgIpc) is 3.43. The van der Waals surface area contributed by atoms with Crippen molar-refractivity contribution in [2.75, 3.05) is 6.54 Å². The van der Waals surface area contributed by atoms with E-state index in [0.29, 0.717) is 24.0 Å². The number of hydrogen-bond acceptors (Lipinski definition) is 7. The van der Waals surface area contributed by atoms with Gasteiger partial charge >= 0.3 is 18.2 Å². The van der Waals surface area contributed by atoms with Gasteiger partial charge in [-0.2, -0.15) is 0 Å². The van der Waals surface area contributed by atoms with Crippen LogP contribution in [0, 0.1) is 17.7 Å². The Hall–Kier alpha value is -4.29. The molecule has 1 saturated carbocycles. The lowest BCUT2D eigenvalue weighted by atomic mass is 10.0. The van der Waals surface area contributed by atoms with E-state index in [4.69, 9.17) is 14.6 Å². The van der Waals surface area contributed by atoms with Crippen LogP contribution in [-0.4, -0.2) is 81.9 Å². The molecule has 2 aliphatic heterocycles. The summed E-state index contributed by atoms with van der Waals surface area (Å²) in [5.74, 6) is -2.56. The normalized spacial score (nSPS) is 22.7. The lowest BCUT2D eigenvalue weighted by Crippen LogP contribution is -2.52. The Morgan fingerprint density at radius 1 is 1.15 bits per heavy atom. The first-order chi connectivity index (χ1) is 21.8. The highest BCUT2D eigenvalue weighted by atomic mass is 19.1. The van der Waals surface area contributed by atoms with Crippen molar-refractivity contribution in [2.45, 2.75) is 103 Å². The highest BCUT2D eigenvalue weighted by Crippen LogP contribution is 2.39. The van der Waals surface area contributed by atoms with Crippen molar-refractivity contribution in [3.05, 3.63) is 47.3 Å². The van der Waals surface area contributed by atoms with Crippen LogP contribution in [0.2, 0.25) is 0 Å². The van der Waals surface area contributed by atoms with Gasteiger partial charge in [0.15, 0.2) is 0 Å². The van der Waals surface area contributed by atoms with E-state index in [0.717, 1.165) is 19.3 Å². The molecule has 2 fully saturated rings. The smallest absolute Gasteiger partial charge is 0.410 e. The van der Waals surface area contributed by atoms with Crippen molar-refractivity contribution in [3.63, 3.8) is 0 Å². The average molecular weight is 643 g/mol. The van der Waals surface area contributed by atoms with Crippen molar-refractivity contribution < 1.29 is 42.9 Å². The fourth-order valence-corrected chi connectivity index (χ4v) is 5.87. The van der Waals surface area contributed by atoms with Gasteiger partial charge in [0.05, 0.1) is 19.0 Å². The molecule has 1 saturated heterocycles. The SMILES string of the molecule is C=NC(=O)[C@@H]1C[C@@H](OC(=O)N2Cc3cccc(F)c3C2)CN1C(=O)[C@H](CCCCC/C=C\[C@@H]1C[C@@H]1C(=O)O)NC(=O)OC(C)(C)C. The van der Waals surface area contributed by atoms with Gasteiger partial charge in [-0.1, -0.05) is 37.1 Å². The second-order valence-electron chi connectivity index (χ2n) is 13.1. The van der Waals surface area contributed by atoms with E-state index in [1.54, 1.807) is 32.9 Å². The maximum Gasteiger partial charge on any atom is 0.410 e. The number of nitrogens with zero attached hydrogens (tertiary/aromatic N) is 3. The number of aliphatic imine (C=N–C) groups is 1. The summed E-state index contributed by atoms with van der Waals surface area (Å²) in [6.07, 6.45) is 5.45. The largest absolute Gasteiger partial charge is 0.481 e. The fraction of sp³-hybridized carbons (Fsp3) is 0.576. The molecule has 0 bridgehead atoms. The lowest BCUT2D eigenvalue weighted by Gasteiger charge is -2.28. The lowest BCUT2D eigenvalue weighted by molar-refractivity contribution is -0.139. The van der Waals surface area contributed by atoms with Crippen LogP contribution in [0.25, 0.3) is 0 Å². The molecular weight excluding hydrogens is 599 g/mol. The predicted octanol–water partition coefficient (Wildman–Crippen LogP) is 4.60.